The highest BCUT2D eigenvalue weighted by atomic mass is 16.5. The zero-order chi connectivity index (χ0) is 50.7. The Balaban J connectivity index is 0.0000104. The molecule has 0 heterocycles. The maximum absolute atomic E-state index is 12.9. The largest absolute Gasteiger partial charge is 0.489 e. The van der Waals surface area contributed by atoms with Crippen molar-refractivity contribution in [1.29, 1.82) is 0 Å². The van der Waals surface area contributed by atoms with Crippen molar-refractivity contribution in [2.75, 3.05) is 14.2 Å². The van der Waals surface area contributed by atoms with Gasteiger partial charge in [-0.05, 0) is 219 Å². The molecule has 0 aromatic heterocycles. The molecule has 0 amide bonds. The minimum Gasteiger partial charge on any atom is -0.489 e. The Morgan fingerprint density at radius 2 is 0.567 bits per heavy atom. The lowest BCUT2D eigenvalue weighted by Gasteiger charge is -2.19. The molecule has 1 aliphatic rings. The minimum atomic E-state index is -0.284. The summed E-state index contributed by atoms with van der Waals surface area (Å²) in [7, 11) is 2.78. The van der Waals surface area contributed by atoms with E-state index in [-0.39, 0.29) is 28.9 Å². The number of Topliss-reactive ketones (excluding diaryl/α,β-unsaturated/α-hetero) is 3. The number of carbonyl (C=O) groups excluding carboxylic acids is 3. The van der Waals surface area contributed by atoms with Crippen LogP contribution in [-0.4, -0.2) is 31.6 Å². The highest BCUT2D eigenvalue weighted by Crippen LogP contribution is 2.28. The fourth-order valence-electron chi connectivity index (χ4n) is 7.59. The lowest BCUT2D eigenvalue weighted by atomic mass is 9.90. The van der Waals surface area contributed by atoms with Crippen LogP contribution in [0.15, 0.2) is 139 Å². The number of carbonyl (C=O) groups is 3. The molecular weight excluding hydrogens is 825 g/mol. The van der Waals surface area contributed by atoms with Gasteiger partial charge in [0.05, 0.1) is 14.2 Å². The third-order valence-electron chi connectivity index (χ3n) is 12.1. The molecule has 0 aromatic rings. The Hall–Kier alpha value is -4.51. The Morgan fingerprint density at radius 3 is 0.791 bits per heavy atom. The van der Waals surface area contributed by atoms with Gasteiger partial charge in [0, 0.05) is 11.1 Å². The first-order valence-electron chi connectivity index (χ1n) is 25.3. The minimum absolute atomic E-state index is 0.00667. The average Bonchev–Trinajstić information content (AvgIpc) is 3.24. The van der Waals surface area contributed by atoms with Gasteiger partial charge in [0.15, 0.2) is 0 Å². The molecular formula is C62H96O5. The van der Waals surface area contributed by atoms with Gasteiger partial charge in [0.25, 0.3) is 0 Å². The molecule has 0 saturated heterocycles. The SMILES string of the molecule is CC(C)=O.COC1=C(OC)C(=O)C(C/C=C(\C)CC/C=C(\C)CC/C=C(\C)CC/C=C(\C)CC/C=C(\C)CC/C=C(\C)CC/C=C(\C)CC/C=C(\C)CC/C=C(\C)CCC=C(C)C)=C(C)C1=O. The summed E-state index contributed by atoms with van der Waals surface area (Å²) in [5.74, 6) is -0.405. The van der Waals surface area contributed by atoms with E-state index < -0.39 is 0 Å². The van der Waals surface area contributed by atoms with E-state index >= 15 is 0 Å². The Kier molecular flexibility index (Phi) is 34.9. The number of rotatable bonds is 31. The Bertz CT molecular complexity index is 1940. The predicted molar refractivity (Wildman–Crippen MR) is 291 cm³/mol. The first kappa shape index (κ1) is 62.5. The first-order chi connectivity index (χ1) is 31.7. The molecule has 67 heavy (non-hydrogen) atoms. The smallest absolute Gasteiger partial charge is 0.228 e. The molecule has 0 aliphatic heterocycles. The summed E-state index contributed by atoms with van der Waals surface area (Å²) in [6, 6.07) is 0. The van der Waals surface area contributed by atoms with Crippen LogP contribution >= 0.6 is 0 Å². The zero-order valence-corrected chi connectivity index (χ0v) is 45.7. The van der Waals surface area contributed by atoms with E-state index in [0.717, 1.165) is 96.3 Å². The van der Waals surface area contributed by atoms with E-state index in [4.69, 9.17) is 9.47 Å². The molecule has 0 bridgehead atoms. The van der Waals surface area contributed by atoms with Crippen LogP contribution in [0.1, 0.15) is 219 Å². The van der Waals surface area contributed by atoms with E-state index in [1.807, 2.05) is 0 Å². The molecule has 1 aliphatic carbocycles. The highest BCUT2D eigenvalue weighted by Gasteiger charge is 2.34. The fourth-order valence-corrected chi connectivity index (χ4v) is 7.59. The lowest BCUT2D eigenvalue weighted by Crippen LogP contribution is -2.24. The van der Waals surface area contributed by atoms with Crippen LogP contribution in [0, 0.1) is 0 Å². The molecule has 0 unspecified atom stereocenters. The van der Waals surface area contributed by atoms with Gasteiger partial charge in [-0.15, -0.1) is 0 Å². The van der Waals surface area contributed by atoms with Crippen molar-refractivity contribution in [3.8, 4) is 0 Å². The highest BCUT2D eigenvalue weighted by molar-refractivity contribution is 6.23. The lowest BCUT2D eigenvalue weighted by molar-refractivity contribution is -0.121. The van der Waals surface area contributed by atoms with Crippen LogP contribution in [0.25, 0.3) is 0 Å². The maximum atomic E-state index is 12.9. The topological polar surface area (TPSA) is 69.7 Å². The second kappa shape index (κ2) is 37.5. The van der Waals surface area contributed by atoms with Crippen molar-refractivity contribution >= 4 is 17.3 Å². The summed E-state index contributed by atoms with van der Waals surface area (Å²) in [5.41, 5.74) is 15.5. The number of ether oxygens (including phenoxy) is 2. The van der Waals surface area contributed by atoms with Crippen molar-refractivity contribution in [3.63, 3.8) is 0 Å². The number of allylic oxidation sites excluding steroid dienone is 22. The third kappa shape index (κ3) is 32.0. The number of hydrogen-bond donors (Lipinski definition) is 0. The maximum Gasteiger partial charge on any atom is 0.228 e. The van der Waals surface area contributed by atoms with E-state index in [9.17, 15) is 14.4 Å². The fraction of sp³-hybridized carbons (Fsp3) is 0.565. The molecule has 5 nitrogen and oxygen atoms in total. The molecule has 0 N–H and O–H groups in total. The second-order valence-electron chi connectivity index (χ2n) is 19.5. The normalized spacial score (nSPS) is 15.3. The summed E-state index contributed by atoms with van der Waals surface area (Å²) in [6.45, 7) is 29.4. The molecule has 0 saturated carbocycles. The molecule has 1 rings (SSSR count). The van der Waals surface area contributed by atoms with Crippen LogP contribution in [0.2, 0.25) is 0 Å². The summed E-state index contributed by atoms with van der Waals surface area (Å²) in [6.07, 6.45) is 44.3. The second-order valence-corrected chi connectivity index (χ2v) is 19.5. The monoisotopic (exact) mass is 921 g/mol. The molecule has 374 valence electrons. The standard InChI is InChI=1S/C59H90O4.C3H6O/c1-44(2)24-15-25-45(3)26-16-27-46(4)28-17-29-47(5)30-18-31-48(6)32-19-33-49(7)34-20-35-50(8)36-21-37-51(9)38-22-39-52(10)40-23-41-53(11)42-43-55-54(12)56(60)58(62-13)59(63-14)57(55)61;1-3(2)4/h24,26,28,30,32,34,36,38,40,42H,15-23,25,27,29,31,33,35,37,39,41,43H2,1-14H3;1-2H3/b45-26+,46-28+,47-30+,48-32+,49-34+,50-36+,51-38+,52-40+,53-42+;. The summed E-state index contributed by atoms with van der Waals surface area (Å²) in [4.78, 5) is 35.0. The van der Waals surface area contributed by atoms with Gasteiger partial charge in [-0.1, -0.05) is 116 Å². The molecule has 0 aromatic carbocycles. The molecule has 0 atom stereocenters. The number of methoxy groups -OCH3 is 2. The van der Waals surface area contributed by atoms with Gasteiger partial charge < -0.3 is 14.3 Å². The number of hydrogen-bond acceptors (Lipinski definition) is 5. The zero-order valence-electron chi connectivity index (χ0n) is 45.7. The van der Waals surface area contributed by atoms with Gasteiger partial charge in [0.1, 0.15) is 5.78 Å². The average molecular weight is 921 g/mol. The van der Waals surface area contributed by atoms with E-state index in [1.165, 1.54) is 103 Å². The number of ketones is 3. The van der Waals surface area contributed by atoms with Gasteiger partial charge in [-0.2, -0.15) is 0 Å². The van der Waals surface area contributed by atoms with Crippen molar-refractivity contribution in [2.45, 2.75) is 219 Å². The van der Waals surface area contributed by atoms with Crippen molar-refractivity contribution in [2.24, 2.45) is 0 Å². The van der Waals surface area contributed by atoms with Crippen molar-refractivity contribution in [1.82, 2.24) is 0 Å². The Labute approximate surface area is 411 Å². The van der Waals surface area contributed by atoms with Crippen molar-refractivity contribution < 1.29 is 23.9 Å². The van der Waals surface area contributed by atoms with Crippen LogP contribution in [0.5, 0.6) is 0 Å². The first-order valence-corrected chi connectivity index (χ1v) is 25.3. The summed E-state index contributed by atoms with van der Waals surface area (Å²) < 4.78 is 10.3. The van der Waals surface area contributed by atoms with Crippen LogP contribution in [0.3, 0.4) is 0 Å². The van der Waals surface area contributed by atoms with Crippen LogP contribution < -0.4 is 0 Å². The van der Waals surface area contributed by atoms with Crippen LogP contribution in [0.4, 0.5) is 0 Å². The summed E-state index contributed by atoms with van der Waals surface area (Å²) >= 11 is 0. The third-order valence-corrected chi connectivity index (χ3v) is 12.1. The Morgan fingerprint density at radius 1 is 0.358 bits per heavy atom. The molecule has 5 heteroatoms. The quantitative estimate of drug-likeness (QED) is 0.0512. The van der Waals surface area contributed by atoms with E-state index in [2.05, 4.69) is 137 Å². The van der Waals surface area contributed by atoms with E-state index in [1.54, 1.807) is 6.92 Å². The molecule has 0 radical (unpaired) electrons. The van der Waals surface area contributed by atoms with E-state index in [0.29, 0.717) is 17.6 Å². The van der Waals surface area contributed by atoms with Gasteiger partial charge in [-0.25, -0.2) is 0 Å². The molecule has 0 spiro atoms. The van der Waals surface area contributed by atoms with Gasteiger partial charge >= 0.3 is 0 Å². The molecule has 0 fully saturated rings. The van der Waals surface area contributed by atoms with Gasteiger partial charge in [-0.3, -0.25) is 9.59 Å². The van der Waals surface area contributed by atoms with Crippen molar-refractivity contribution in [3.05, 3.63) is 139 Å². The van der Waals surface area contributed by atoms with Gasteiger partial charge in [0.2, 0.25) is 23.1 Å². The predicted octanol–water partition coefficient (Wildman–Crippen LogP) is 18.4. The summed E-state index contributed by atoms with van der Waals surface area (Å²) in [5, 5.41) is 0. The van der Waals surface area contributed by atoms with Crippen LogP contribution in [-0.2, 0) is 23.9 Å².